The van der Waals surface area contributed by atoms with Crippen LogP contribution >= 0.6 is 7.82 Å². The van der Waals surface area contributed by atoms with Crippen molar-refractivity contribution in [2.45, 2.75) is 129 Å². The lowest BCUT2D eigenvalue weighted by molar-refractivity contribution is -0.0345. The fourth-order valence-electron chi connectivity index (χ4n) is 5.01. The Bertz CT molecular complexity index is 989. The van der Waals surface area contributed by atoms with Crippen molar-refractivity contribution in [2.24, 2.45) is 0 Å². The molecule has 9 heteroatoms. The van der Waals surface area contributed by atoms with Gasteiger partial charge in [-0.3, -0.25) is 13.6 Å². The SMILES string of the molecule is CCCCCCCCCCCCCCCCCCOCC(COP(=O)(OCc1ccccc1)OCc1ccccc1)OC(=O)OC. The van der Waals surface area contributed by atoms with Gasteiger partial charge in [0.1, 0.15) is 0 Å². The van der Waals surface area contributed by atoms with Crippen LogP contribution in [0.2, 0.25) is 0 Å². The van der Waals surface area contributed by atoms with Gasteiger partial charge < -0.3 is 14.2 Å². The summed E-state index contributed by atoms with van der Waals surface area (Å²) in [5, 5.41) is 0. The number of methoxy groups -OCH3 is 1. The van der Waals surface area contributed by atoms with Gasteiger partial charge in [-0.15, -0.1) is 0 Å². The van der Waals surface area contributed by atoms with E-state index in [4.69, 9.17) is 23.0 Å². The summed E-state index contributed by atoms with van der Waals surface area (Å²) in [6, 6.07) is 18.7. The standard InChI is InChI=1S/C37H59O8P/c1-3-4-5-6-7-8-9-10-11-12-13-14-15-16-17-24-29-41-32-36(45-37(38)40-2)33-44-46(39,42-30-34-25-20-18-21-26-34)43-31-35-27-22-19-23-28-35/h18-23,25-28,36H,3-17,24,29-33H2,1-2H3. The molecule has 0 bridgehead atoms. The molecule has 46 heavy (non-hydrogen) atoms. The Balaban J connectivity index is 1.64. The van der Waals surface area contributed by atoms with E-state index in [0.717, 1.165) is 24.0 Å². The lowest BCUT2D eigenvalue weighted by atomic mass is 10.0. The number of unbranched alkanes of at least 4 members (excludes halogenated alkanes) is 15. The summed E-state index contributed by atoms with van der Waals surface area (Å²) in [6.45, 7) is 2.70. The van der Waals surface area contributed by atoms with Crippen molar-refractivity contribution in [1.29, 1.82) is 0 Å². The Morgan fingerprint density at radius 1 is 0.609 bits per heavy atom. The molecule has 1 unspecified atom stereocenters. The molecule has 0 N–H and O–H groups in total. The summed E-state index contributed by atoms with van der Waals surface area (Å²) in [6.07, 6.45) is 19.2. The van der Waals surface area contributed by atoms with Crippen molar-refractivity contribution >= 4 is 14.0 Å². The average Bonchev–Trinajstić information content (AvgIpc) is 3.09. The summed E-state index contributed by atoms with van der Waals surface area (Å²) in [7, 11) is -2.79. The lowest BCUT2D eigenvalue weighted by Crippen LogP contribution is -2.28. The monoisotopic (exact) mass is 662 g/mol. The number of carbonyl (C=O) groups excluding carboxylic acids is 1. The molecule has 0 radical (unpaired) electrons. The van der Waals surface area contributed by atoms with Crippen molar-refractivity contribution in [2.75, 3.05) is 26.9 Å². The van der Waals surface area contributed by atoms with Gasteiger partial charge in [-0.05, 0) is 17.5 Å². The van der Waals surface area contributed by atoms with Crippen molar-refractivity contribution in [1.82, 2.24) is 0 Å². The van der Waals surface area contributed by atoms with E-state index < -0.39 is 20.1 Å². The number of benzene rings is 2. The summed E-state index contributed by atoms with van der Waals surface area (Å²) in [5.41, 5.74) is 1.64. The summed E-state index contributed by atoms with van der Waals surface area (Å²) in [4.78, 5) is 11.9. The third-order valence-electron chi connectivity index (χ3n) is 7.76. The number of hydrogen-bond donors (Lipinski definition) is 0. The minimum Gasteiger partial charge on any atom is -0.438 e. The summed E-state index contributed by atoms with van der Waals surface area (Å²) >= 11 is 0. The molecule has 0 aromatic heterocycles. The van der Waals surface area contributed by atoms with Crippen LogP contribution in [0.15, 0.2) is 60.7 Å². The van der Waals surface area contributed by atoms with E-state index in [1.165, 1.54) is 97.0 Å². The Hall–Kier alpha value is -2.22. The highest BCUT2D eigenvalue weighted by atomic mass is 31.2. The Labute approximate surface area is 278 Å². The first-order chi connectivity index (χ1) is 22.5. The van der Waals surface area contributed by atoms with Gasteiger partial charge in [-0.2, -0.15) is 0 Å². The smallest absolute Gasteiger partial charge is 0.438 e. The quantitative estimate of drug-likeness (QED) is 0.0483. The van der Waals surface area contributed by atoms with Crippen LogP contribution < -0.4 is 0 Å². The first-order valence-corrected chi connectivity index (χ1v) is 18.9. The predicted molar refractivity (Wildman–Crippen MR) is 184 cm³/mol. The molecule has 0 spiro atoms. The number of phosphoric acid groups is 1. The van der Waals surface area contributed by atoms with E-state index in [-0.39, 0.29) is 26.4 Å². The van der Waals surface area contributed by atoms with E-state index in [1.54, 1.807) is 0 Å². The molecule has 2 rings (SSSR count). The normalized spacial score (nSPS) is 12.2. The van der Waals surface area contributed by atoms with Crippen molar-refractivity contribution in [3.63, 3.8) is 0 Å². The second kappa shape index (κ2) is 26.8. The van der Waals surface area contributed by atoms with Crippen LogP contribution in [0.5, 0.6) is 0 Å². The first-order valence-electron chi connectivity index (χ1n) is 17.5. The highest BCUT2D eigenvalue weighted by molar-refractivity contribution is 7.48. The zero-order chi connectivity index (χ0) is 33.0. The van der Waals surface area contributed by atoms with E-state index in [2.05, 4.69) is 11.7 Å². The van der Waals surface area contributed by atoms with E-state index in [1.807, 2.05) is 60.7 Å². The fraction of sp³-hybridized carbons (Fsp3) is 0.649. The second-order valence-corrected chi connectivity index (χ2v) is 13.5. The van der Waals surface area contributed by atoms with Gasteiger partial charge in [0.05, 0.1) is 33.5 Å². The molecular formula is C37H59O8P. The number of ether oxygens (including phenoxy) is 3. The molecule has 0 aliphatic carbocycles. The summed E-state index contributed by atoms with van der Waals surface area (Å²) in [5.74, 6) is 0. The Kier molecular flexibility index (Phi) is 23.3. The zero-order valence-corrected chi connectivity index (χ0v) is 29.3. The van der Waals surface area contributed by atoms with Crippen molar-refractivity contribution in [3.8, 4) is 0 Å². The molecule has 0 heterocycles. The number of hydrogen-bond acceptors (Lipinski definition) is 8. The molecule has 2 aromatic rings. The van der Waals surface area contributed by atoms with Gasteiger partial charge in [-0.25, -0.2) is 9.36 Å². The Morgan fingerprint density at radius 3 is 1.48 bits per heavy atom. The van der Waals surface area contributed by atoms with E-state index in [9.17, 15) is 9.36 Å². The molecule has 8 nitrogen and oxygen atoms in total. The fourth-order valence-corrected chi connectivity index (χ4v) is 6.20. The molecular weight excluding hydrogens is 603 g/mol. The molecule has 260 valence electrons. The largest absolute Gasteiger partial charge is 0.508 e. The lowest BCUT2D eigenvalue weighted by Gasteiger charge is -2.22. The maximum absolute atomic E-state index is 13.6. The van der Waals surface area contributed by atoms with Crippen LogP contribution in [-0.2, 0) is 45.6 Å². The first kappa shape index (κ1) is 40.0. The van der Waals surface area contributed by atoms with Crippen LogP contribution in [0.4, 0.5) is 4.79 Å². The van der Waals surface area contributed by atoms with Gasteiger partial charge in [0, 0.05) is 6.61 Å². The molecule has 0 aliphatic rings. The van der Waals surface area contributed by atoms with Crippen molar-refractivity contribution in [3.05, 3.63) is 71.8 Å². The highest BCUT2D eigenvalue weighted by Crippen LogP contribution is 2.51. The maximum Gasteiger partial charge on any atom is 0.508 e. The molecule has 1 atom stereocenters. The van der Waals surface area contributed by atoms with E-state index >= 15 is 0 Å². The highest BCUT2D eigenvalue weighted by Gasteiger charge is 2.30. The van der Waals surface area contributed by atoms with E-state index in [0.29, 0.717) is 6.61 Å². The van der Waals surface area contributed by atoms with Crippen LogP contribution in [0.25, 0.3) is 0 Å². The van der Waals surface area contributed by atoms with Crippen LogP contribution in [-0.4, -0.2) is 39.2 Å². The minimum atomic E-state index is -4.02. The predicted octanol–water partition coefficient (Wildman–Crippen LogP) is 11.0. The summed E-state index contributed by atoms with van der Waals surface area (Å²) < 4.78 is 46.3. The third kappa shape index (κ3) is 20.8. The average molecular weight is 663 g/mol. The third-order valence-corrected chi connectivity index (χ3v) is 9.11. The van der Waals surface area contributed by atoms with Gasteiger partial charge in [-0.1, -0.05) is 164 Å². The van der Waals surface area contributed by atoms with Crippen LogP contribution in [0.1, 0.15) is 121 Å². The minimum absolute atomic E-state index is 0.0329. The van der Waals surface area contributed by atoms with Gasteiger partial charge in [0.15, 0.2) is 6.10 Å². The number of carbonyl (C=O) groups is 1. The zero-order valence-electron chi connectivity index (χ0n) is 28.4. The topological polar surface area (TPSA) is 89.5 Å². The van der Waals surface area contributed by atoms with Gasteiger partial charge in [0.2, 0.25) is 0 Å². The number of rotatable bonds is 29. The molecule has 0 amide bonds. The molecule has 0 saturated heterocycles. The second-order valence-electron chi connectivity index (χ2n) is 11.8. The number of phosphoric ester groups is 1. The Morgan fingerprint density at radius 2 is 1.04 bits per heavy atom. The van der Waals surface area contributed by atoms with Gasteiger partial charge >= 0.3 is 14.0 Å². The molecule has 2 aromatic carbocycles. The van der Waals surface area contributed by atoms with Gasteiger partial charge in [0.25, 0.3) is 0 Å². The molecule has 0 saturated carbocycles. The van der Waals surface area contributed by atoms with Crippen LogP contribution in [0, 0.1) is 0 Å². The maximum atomic E-state index is 13.6. The molecule has 0 aliphatic heterocycles. The molecule has 0 fully saturated rings. The van der Waals surface area contributed by atoms with Crippen molar-refractivity contribution < 1.29 is 37.1 Å². The van der Waals surface area contributed by atoms with Crippen LogP contribution in [0.3, 0.4) is 0 Å².